The van der Waals surface area contributed by atoms with E-state index in [9.17, 15) is 18.1 Å². The zero-order chi connectivity index (χ0) is 28.6. The van der Waals surface area contributed by atoms with Crippen LogP contribution in [0, 0.1) is 11.6 Å². The lowest BCUT2D eigenvalue weighted by Crippen LogP contribution is -2.42. The predicted octanol–water partition coefficient (Wildman–Crippen LogP) is 4.72. The van der Waals surface area contributed by atoms with Crippen molar-refractivity contribution >= 4 is 46.9 Å². The van der Waals surface area contributed by atoms with Crippen LogP contribution in [0.1, 0.15) is 45.1 Å². The highest BCUT2D eigenvalue weighted by Crippen LogP contribution is 2.62. The first-order valence-electron chi connectivity index (χ1n) is 12.0. The van der Waals surface area contributed by atoms with Gasteiger partial charge in [-0.3, -0.25) is 18.1 Å². The number of anilines is 1. The number of halogens is 3. The van der Waals surface area contributed by atoms with Gasteiger partial charge in [-0.15, -0.1) is 0 Å². The van der Waals surface area contributed by atoms with Crippen LogP contribution in [0.25, 0.3) is 11.2 Å². The minimum Gasteiger partial charge on any atom is -0.424 e. The van der Waals surface area contributed by atoms with Crippen molar-refractivity contribution < 1.29 is 45.9 Å². The van der Waals surface area contributed by atoms with Gasteiger partial charge in [-0.2, -0.15) is 0 Å². The number of phosphoric acid groups is 1. The Hall–Kier alpha value is -2.75. The Kier molecular flexibility index (Phi) is 6.44. The van der Waals surface area contributed by atoms with Gasteiger partial charge < -0.3 is 19.9 Å². The average molecular weight is 646 g/mol. The summed E-state index contributed by atoms with van der Waals surface area (Å²) in [7, 11) is -4.38. The number of aromatic nitrogens is 4. The molecule has 3 aliphatic heterocycles. The fourth-order valence-corrected chi connectivity index (χ4v) is 7.31. The topological polar surface area (TPSA) is 159 Å². The molecule has 17 heteroatoms. The van der Waals surface area contributed by atoms with E-state index in [2.05, 4.69) is 30.9 Å². The number of phosphoric ester groups is 1. The second-order valence-corrected chi connectivity index (χ2v) is 12.8. The summed E-state index contributed by atoms with van der Waals surface area (Å²) in [5.41, 5.74) is 3.92. The van der Waals surface area contributed by atoms with E-state index in [0.29, 0.717) is 11.2 Å². The van der Waals surface area contributed by atoms with E-state index in [4.69, 9.17) is 33.5 Å². The minimum atomic E-state index is -4.38. The van der Waals surface area contributed by atoms with Crippen LogP contribution in [0.3, 0.4) is 0 Å². The van der Waals surface area contributed by atoms with Crippen molar-refractivity contribution in [2.75, 3.05) is 12.3 Å². The Bertz CT molecular complexity index is 1580. The zero-order valence-electron chi connectivity index (χ0n) is 21.2. The molecule has 3 aliphatic rings. The van der Waals surface area contributed by atoms with Crippen molar-refractivity contribution in [3.05, 3.63) is 46.5 Å². The Morgan fingerprint density at radius 2 is 2.02 bits per heavy atom. The zero-order valence-corrected chi connectivity index (χ0v) is 23.7. The summed E-state index contributed by atoms with van der Waals surface area (Å²) < 4.78 is 78.2. The van der Waals surface area contributed by atoms with Crippen molar-refractivity contribution in [1.29, 1.82) is 0 Å². The molecule has 1 unspecified atom stereocenters. The smallest absolute Gasteiger partial charge is 0.424 e. The average Bonchev–Trinajstić information content (AvgIpc) is 3.48. The highest BCUT2D eigenvalue weighted by atomic mass is 79.9. The van der Waals surface area contributed by atoms with E-state index in [1.807, 2.05) is 0 Å². The largest absolute Gasteiger partial charge is 0.509 e. The molecule has 0 amide bonds. The van der Waals surface area contributed by atoms with Gasteiger partial charge in [0.15, 0.2) is 41.0 Å². The van der Waals surface area contributed by atoms with Gasteiger partial charge in [0, 0.05) is 16.5 Å². The molecule has 0 spiro atoms. The van der Waals surface area contributed by atoms with Gasteiger partial charge in [-0.25, -0.2) is 33.1 Å². The van der Waals surface area contributed by atoms with Gasteiger partial charge in [0.1, 0.15) is 24.1 Å². The normalized spacial score (nSPS) is 33.1. The molecule has 0 bridgehead atoms. The molecule has 0 saturated carbocycles. The minimum absolute atomic E-state index is 0.0556. The molecule has 3 fully saturated rings. The van der Waals surface area contributed by atoms with E-state index in [1.54, 1.807) is 20.8 Å². The number of benzene rings is 1. The lowest BCUT2D eigenvalue weighted by molar-refractivity contribution is -0.0990. The SMILES string of the molecule is CC1(C)C[C@@H](c2cc(Br)cc(F)c2F)OP(=O)(OC[C@H]2O[C@@H](n3cnc4c(N)ncnc43)[C@]3(C)OC(=O)O[C@H]23)O1. The maximum absolute atomic E-state index is 14.7. The standard InChI is InChI=1S/C23H23BrF2N5O8P/c1-22(2)6-13(11-4-10(24)5-12(25)15(11)26)38-40(33,39-22)34-7-14-17-23(3,37-21(32)36-17)20(35-14)31-9-30-16-18(27)28-8-29-19(16)31/h4-5,8-9,13-14,17,20H,6-7H2,1-3H3,(H2,27,28,29)/t13-,14+,17+,20+,23+,40?/m0/s1. The van der Waals surface area contributed by atoms with E-state index < -0.39 is 68.0 Å². The molecule has 6 atom stereocenters. The third-order valence-corrected chi connectivity index (χ3v) is 9.07. The van der Waals surface area contributed by atoms with Crippen LogP contribution in [-0.2, 0) is 32.3 Å². The summed E-state index contributed by atoms with van der Waals surface area (Å²) in [4.78, 5) is 24.6. The third-order valence-electron chi connectivity index (χ3n) is 6.92. The van der Waals surface area contributed by atoms with Crippen LogP contribution in [-0.4, -0.2) is 55.7 Å². The van der Waals surface area contributed by atoms with Crippen LogP contribution in [0.15, 0.2) is 29.3 Å². The van der Waals surface area contributed by atoms with Gasteiger partial charge in [0.25, 0.3) is 0 Å². The van der Waals surface area contributed by atoms with Gasteiger partial charge in [0.2, 0.25) is 0 Å². The quantitative estimate of drug-likeness (QED) is 0.231. The lowest BCUT2D eigenvalue weighted by Gasteiger charge is -2.39. The molecule has 2 aromatic heterocycles. The van der Waals surface area contributed by atoms with Crippen molar-refractivity contribution in [2.24, 2.45) is 0 Å². The summed E-state index contributed by atoms with van der Waals surface area (Å²) in [5.74, 6) is -2.09. The summed E-state index contributed by atoms with van der Waals surface area (Å²) in [5, 5.41) is 0. The van der Waals surface area contributed by atoms with Crippen molar-refractivity contribution in [3.63, 3.8) is 0 Å². The maximum atomic E-state index is 14.7. The number of carbonyl (C=O) groups excluding carboxylic acids is 1. The molecule has 1 aromatic carbocycles. The number of fused-ring (bicyclic) bond motifs is 2. The Labute approximate surface area is 234 Å². The summed E-state index contributed by atoms with van der Waals surface area (Å²) in [6.45, 7) is 4.40. The van der Waals surface area contributed by atoms with Crippen LogP contribution in [0.4, 0.5) is 19.4 Å². The molecule has 40 heavy (non-hydrogen) atoms. The molecule has 2 N–H and O–H groups in total. The third kappa shape index (κ3) is 4.56. The number of hydrogen-bond acceptors (Lipinski definition) is 12. The van der Waals surface area contributed by atoms with Gasteiger partial charge in [-0.05, 0) is 32.9 Å². The second-order valence-electron chi connectivity index (χ2n) is 10.4. The molecular formula is C23H23BrF2N5O8P. The molecule has 6 rings (SSSR count). The van der Waals surface area contributed by atoms with Gasteiger partial charge in [-0.1, -0.05) is 15.9 Å². The van der Waals surface area contributed by atoms with Crippen LogP contribution in [0.2, 0.25) is 0 Å². The molecular weight excluding hydrogens is 623 g/mol. The Morgan fingerprint density at radius 1 is 1.25 bits per heavy atom. The summed E-state index contributed by atoms with van der Waals surface area (Å²) in [6, 6.07) is 2.31. The van der Waals surface area contributed by atoms with Crippen LogP contribution < -0.4 is 5.73 Å². The summed E-state index contributed by atoms with van der Waals surface area (Å²) >= 11 is 3.14. The fraction of sp³-hybridized carbons (Fsp3) is 0.478. The number of carbonyl (C=O) groups is 1. The van der Waals surface area contributed by atoms with Crippen LogP contribution >= 0.6 is 23.8 Å². The van der Waals surface area contributed by atoms with E-state index in [0.717, 1.165) is 6.07 Å². The van der Waals surface area contributed by atoms with Crippen molar-refractivity contribution in [3.8, 4) is 0 Å². The Balaban J connectivity index is 1.27. The lowest BCUT2D eigenvalue weighted by atomic mass is 9.96. The van der Waals surface area contributed by atoms with Gasteiger partial charge in [0.05, 0.1) is 18.5 Å². The predicted molar refractivity (Wildman–Crippen MR) is 135 cm³/mol. The van der Waals surface area contributed by atoms with Crippen molar-refractivity contribution in [1.82, 2.24) is 19.5 Å². The van der Waals surface area contributed by atoms with E-state index >= 15 is 0 Å². The first-order valence-corrected chi connectivity index (χ1v) is 14.3. The first-order chi connectivity index (χ1) is 18.8. The molecule has 0 aliphatic carbocycles. The van der Waals surface area contributed by atoms with Gasteiger partial charge >= 0.3 is 14.0 Å². The first kappa shape index (κ1) is 27.4. The monoisotopic (exact) mass is 645 g/mol. The number of hydrogen-bond donors (Lipinski definition) is 1. The molecule has 13 nitrogen and oxygen atoms in total. The molecule has 214 valence electrons. The number of ether oxygens (including phenoxy) is 3. The van der Waals surface area contributed by atoms with Crippen LogP contribution in [0.5, 0.6) is 0 Å². The van der Waals surface area contributed by atoms with E-state index in [-0.39, 0.29) is 22.3 Å². The fourth-order valence-electron chi connectivity index (χ4n) is 5.20. The van der Waals surface area contributed by atoms with Crippen molar-refractivity contribution in [2.45, 2.75) is 62.9 Å². The molecule has 3 aromatic rings. The molecule has 0 radical (unpaired) electrons. The molecule has 3 saturated heterocycles. The second kappa shape index (κ2) is 9.39. The summed E-state index contributed by atoms with van der Waals surface area (Å²) in [6.07, 6.45) is -2.38. The number of imidazole rings is 1. The highest BCUT2D eigenvalue weighted by molar-refractivity contribution is 9.10. The molecule has 5 heterocycles. The maximum Gasteiger partial charge on any atom is 0.509 e. The highest BCUT2D eigenvalue weighted by Gasteiger charge is 2.65. The Morgan fingerprint density at radius 3 is 2.80 bits per heavy atom. The number of nitrogens with zero attached hydrogens (tertiary/aromatic N) is 4. The number of rotatable bonds is 5. The van der Waals surface area contributed by atoms with E-state index in [1.165, 1.54) is 23.3 Å². The number of nitrogens with two attached hydrogens (primary N) is 1. The number of nitrogen functional groups attached to an aromatic ring is 1.